The number of piperidine rings is 1. The van der Waals surface area contributed by atoms with Gasteiger partial charge in [0.25, 0.3) is 10.2 Å². The Balaban J connectivity index is 2.00. The van der Waals surface area contributed by atoms with Crippen LogP contribution in [0.1, 0.15) is 33.1 Å². The average Bonchev–Trinajstić information content (AvgIpc) is 2.72. The minimum Gasteiger partial charge on any atom is -0.481 e. The van der Waals surface area contributed by atoms with Crippen LogP contribution in [0, 0.1) is 11.8 Å². The van der Waals surface area contributed by atoms with Gasteiger partial charge in [-0.1, -0.05) is 13.8 Å². The van der Waals surface area contributed by atoms with Crippen LogP contribution in [0.25, 0.3) is 0 Å². The molecule has 7 nitrogen and oxygen atoms in total. The van der Waals surface area contributed by atoms with Crippen molar-refractivity contribution in [2.24, 2.45) is 11.8 Å². The van der Waals surface area contributed by atoms with E-state index >= 15 is 0 Å². The van der Waals surface area contributed by atoms with E-state index in [1.165, 1.54) is 8.61 Å². The van der Waals surface area contributed by atoms with Crippen LogP contribution in [0.5, 0.6) is 0 Å². The number of hydrogen-bond donors (Lipinski definition) is 1. The summed E-state index contributed by atoms with van der Waals surface area (Å²) in [5, 5.41) is 9.15. The number of aliphatic carboxylic acids is 1. The van der Waals surface area contributed by atoms with Gasteiger partial charge < -0.3 is 10.0 Å². The number of hydrogen-bond acceptors (Lipinski definition) is 4. The van der Waals surface area contributed by atoms with Gasteiger partial charge >= 0.3 is 5.97 Å². The van der Waals surface area contributed by atoms with E-state index in [4.69, 9.17) is 5.11 Å². The van der Waals surface area contributed by atoms with Crippen molar-refractivity contribution in [3.63, 3.8) is 0 Å². The van der Waals surface area contributed by atoms with Crippen molar-refractivity contribution in [2.75, 3.05) is 45.8 Å². The number of carboxylic acid groups (broad SMARTS) is 1. The minimum absolute atomic E-state index is 0.101. The van der Waals surface area contributed by atoms with E-state index in [0.717, 1.165) is 26.1 Å². The highest BCUT2D eigenvalue weighted by Gasteiger charge is 2.36. The van der Waals surface area contributed by atoms with Gasteiger partial charge in [-0.15, -0.1) is 0 Å². The molecule has 2 heterocycles. The second-order valence-corrected chi connectivity index (χ2v) is 8.92. The number of rotatable bonds is 5. The third-order valence-corrected chi connectivity index (χ3v) is 6.56. The van der Waals surface area contributed by atoms with Gasteiger partial charge in [0.05, 0.1) is 5.92 Å². The van der Waals surface area contributed by atoms with E-state index in [1.807, 2.05) is 0 Å². The Morgan fingerprint density at radius 3 is 2.43 bits per heavy atom. The van der Waals surface area contributed by atoms with Gasteiger partial charge in [-0.25, -0.2) is 0 Å². The van der Waals surface area contributed by atoms with Crippen LogP contribution in [-0.4, -0.2) is 78.8 Å². The normalized spacial score (nSPS) is 26.3. The maximum atomic E-state index is 12.8. The van der Waals surface area contributed by atoms with Crippen LogP contribution in [0.2, 0.25) is 0 Å². The average molecular weight is 347 g/mol. The molecule has 0 aliphatic carbocycles. The molecular weight excluding hydrogens is 318 g/mol. The van der Waals surface area contributed by atoms with Crippen LogP contribution in [0.3, 0.4) is 0 Å². The summed E-state index contributed by atoms with van der Waals surface area (Å²) in [6, 6.07) is 0. The molecule has 1 N–H and O–H groups in total. The molecule has 2 rings (SSSR count). The summed E-state index contributed by atoms with van der Waals surface area (Å²) < 4.78 is 28.6. The zero-order chi connectivity index (χ0) is 17.0. The maximum absolute atomic E-state index is 12.8. The van der Waals surface area contributed by atoms with Gasteiger partial charge in [-0.3, -0.25) is 4.79 Å². The molecule has 0 aromatic rings. The smallest absolute Gasteiger partial charge is 0.307 e. The molecule has 2 saturated heterocycles. The molecule has 2 fully saturated rings. The molecule has 0 saturated carbocycles. The van der Waals surface area contributed by atoms with E-state index in [-0.39, 0.29) is 6.54 Å². The predicted molar refractivity (Wildman–Crippen MR) is 88.3 cm³/mol. The molecule has 0 radical (unpaired) electrons. The summed E-state index contributed by atoms with van der Waals surface area (Å²) in [5.74, 6) is -0.914. The standard InChI is InChI=1S/C15H29N3O4S/c1-13(2)11-16-6-4-8-17(10-9-16)23(21,22)18-7-3-5-14(12-18)15(19)20/h13-14H,3-12H2,1-2H3,(H,19,20). The third kappa shape index (κ3) is 4.89. The first kappa shape index (κ1) is 18.6. The lowest BCUT2D eigenvalue weighted by Crippen LogP contribution is -2.50. The number of carbonyl (C=O) groups is 1. The Bertz CT molecular complexity index is 509. The van der Waals surface area contributed by atoms with Crippen molar-refractivity contribution in [1.82, 2.24) is 13.5 Å². The van der Waals surface area contributed by atoms with Gasteiger partial charge in [0.1, 0.15) is 0 Å². The minimum atomic E-state index is -3.55. The fraction of sp³-hybridized carbons (Fsp3) is 0.933. The summed E-state index contributed by atoms with van der Waals surface area (Å²) >= 11 is 0. The summed E-state index contributed by atoms with van der Waals surface area (Å²) in [7, 11) is -3.55. The van der Waals surface area contributed by atoms with Crippen LogP contribution < -0.4 is 0 Å². The number of nitrogens with zero attached hydrogens (tertiary/aromatic N) is 3. The van der Waals surface area contributed by atoms with E-state index in [2.05, 4.69) is 18.7 Å². The zero-order valence-electron chi connectivity index (χ0n) is 14.1. The maximum Gasteiger partial charge on any atom is 0.307 e. The molecule has 0 aromatic carbocycles. The number of carboxylic acids is 1. The molecule has 8 heteroatoms. The summed E-state index contributed by atoms with van der Waals surface area (Å²) in [5.41, 5.74) is 0. The second kappa shape index (κ2) is 7.92. The van der Waals surface area contributed by atoms with E-state index in [1.54, 1.807) is 0 Å². The summed E-state index contributed by atoms with van der Waals surface area (Å²) in [6.45, 7) is 8.52. The van der Waals surface area contributed by atoms with Gasteiger partial charge in [0.15, 0.2) is 0 Å². The zero-order valence-corrected chi connectivity index (χ0v) is 15.0. The lowest BCUT2D eigenvalue weighted by atomic mass is 10.0. The Kier molecular flexibility index (Phi) is 6.41. The van der Waals surface area contributed by atoms with Crippen LogP contribution in [-0.2, 0) is 15.0 Å². The SMILES string of the molecule is CC(C)CN1CCCN(S(=O)(=O)N2CCCC(C(=O)O)C2)CC1. The largest absolute Gasteiger partial charge is 0.481 e. The Hall–Kier alpha value is -0.700. The van der Waals surface area contributed by atoms with Crippen molar-refractivity contribution in [1.29, 1.82) is 0 Å². The summed E-state index contributed by atoms with van der Waals surface area (Å²) in [6.07, 6.45) is 2.00. The molecule has 134 valence electrons. The molecule has 0 spiro atoms. The molecular formula is C15H29N3O4S. The second-order valence-electron chi connectivity index (χ2n) is 6.99. The van der Waals surface area contributed by atoms with Crippen molar-refractivity contribution < 1.29 is 18.3 Å². The highest BCUT2D eigenvalue weighted by atomic mass is 32.2. The Labute approximate surface area is 139 Å². The van der Waals surface area contributed by atoms with Gasteiger partial charge in [-0.05, 0) is 31.7 Å². The molecule has 23 heavy (non-hydrogen) atoms. The third-order valence-electron chi connectivity index (χ3n) is 4.56. The topological polar surface area (TPSA) is 81.2 Å². The molecule has 0 aromatic heterocycles. The molecule has 1 atom stereocenters. The predicted octanol–water partition coefficient (Wildman–Crippen LogP) is 0.692. The van der Waals surface area contributed by atoms with E-state index in [9.17, 15) is 13.2 Å². The van der Waals surface area contributed by atoms with Crippen LogP contribution in [0.4, 0.5) is 0 Å². The fourth-order valence-corrected chi connectivity index (χ4v) is 5.12. The van der Waals surface area contributed by atoms with E-state index in [0.29, 0.717) is 38.4 Å². The first-order chi connectivity index (χ1) is 10.8. The first-order valence-electron chi connectivity index (χ1n) is 8.51. The van der Waals surface area contributed by atoms with Crippen molar-refractivity contribution in [2.45, 2.75) is 33.1 Å². The molecule has 2 aliphatic heterocycles. The fourth-order valence-electron chi connectivity index (χ4n) is 3.39. The quantitative estimate of drug-likeness (QED) is 0.791. The molecule has 1 unspecified atom stereocenters. The monoisotopic (exact) mass is 347 g/mol. The van der Waals surface area contributed by atoms with Gasteiger partial charge in [-0.2, -0.15) is 17.0 Å². The van der Waals surface area contributed by atoms with Crippen molar-refractivity contribution >= 4 is 16.2 Å². The van der Waals surface area contributed by atoms with Crippen molar-refractivity contribution in [3.8, 4) is 0 Å². The van der Waals surface area contributed by atoms with Gasteiger partial charge in [0.2, 0.25) is 0 Å². The molecule has 0 bridgehead atoms. The van der Waals surface area contributed by atoms with Crippen molar-refractivity contribution in [3.05, 3.63) is 0 Å². The highest BCUT2D eigenvalue weighted by Crippen LogP contribution is 2.22. The molecule has 0 amide bonds. The molecule has 2 aliphatic rings. The van der Waals surface area contributed by atoms with Crippen LogP contribution in [0.15, 0.2) is 0 Å². The van der Waals surface area contributed by atoms with Gasteiger partial charge in [0, 0.05) is 39.3 Å². The van der Waals surface area contributed by atoms with Crippen LogP contribution >= 0.6 is 0 Å². The summed E-state index contributed by atoms with van der Waals surface area (Å²) in [4.78, 5) is 13.5. The first-order valence-corrected chi connectivity index (χ1v) is 9.90. The Morgan fingerprint density at radius 1 is 1.09 bits per heavy atom. The highest BCUT2D eigenvalue weighted by molar-refractivity contribution is 7.86. The lowest BCUT2D eigenvalue weighted by Gasteiger charge is -2.34. The van der Waals surface area contributed by atoms with E-state index < -0.39 is 22.1 Å². The Morgan fingerprint density at radius 2 is 1.78 bits per heavy atom. The lowest BCUT2D eigenvalue weighted by molar-refractivity contribution is -0.142.